The van der Waals surface area contributed by atoms with Gasteiger partial charge < -0.3 is 14.8 Å². The van der Waals surface area contributed by atoms with E-state index in [1.807, 2.05) is 24.3 Å². The van der Waals surface area contributed by atoms with Crippen LogP contribution in [0, 0.1) is 16.0 Å². The summed E-state index contributed by atoms with van der Waals surface area (Å²) in [4.78, 5) is 26.5. The van der Waals surface area contributed by atoms with Crippen LogP contribution in [0.4, 0.5) is 30.2 Å². The average molecular weight is 537 g/mol. The Morgan fingerprint density at radius 3 is 2.28 bits per heavy atom. The number of anilines is 2. The molecule has 0 bridgehead atoms. The first-order chi connectivity index (χ1) is 18.6. The minimum Gasteiger partial charge on any atom is -0.372 e. The Morgan fingerprint density at radius 2 is 1.67 bits per heavy atom. The van der Waals surface area contributed by atoms with E-state index in [1.54, 1.807) is 16.7 Å². The van der Waals surface area contributed by atoms with Gasteiger partial charge in [0, 0.05) is 54.0 Å². The van der Waals surface area contributed by atoms with Crippen molar-refractivity contribution in [3.05, 3.63) is 99.7 Å². The van der Waals surface area contributed by atoms with Crippen LogP contribution in [-0.4, -0.2) is 28.5 Å². The lowest BCUT2D eigenvalue weighted by atomic mass is 9.99. The molecule has 5 rings (SSSR count). The van der Waals surface area contributed by atoms with Crippen molar-refractivity contribution < 1.29 is 22.9 Å². The van der Waals surface area contributed by atoms with Crippen molar-refractivity contribution in [1.82, 2.24) is 4.57 Å². The molecular formula is C29H27F3N4O3. The normalized spacial score (nSPS) is 14.5. The van der Waals surface area contributed by atoms with Gasteiger partial charge in [-0.15, -0.1) is 0 Å². The zero-order valence-electron chi connectivity index (χ0n) is 21.2. The van der Waals surface area contributed by atoms with Crippen LogP contribution in [-0.2, 0) is 12.7 Å². The summed E-state index contributed by atoms with van der Waals surface area (Å²) in [7, 11) is 0. The molecule has 10 heteroatoms. The van der Waals surface area contributed by atoms with Crippen LogP contribution in [0.3, 0.4) is 0 Å². The minimum atomic E-state index is -4.45. The smallest absolute Gasteiger partial charge is 0.372 e. The van der Waals surface area contributed by atoms with Crippen molar-refractivity contribution in [3.8, 4) is 0 Å². The third kappa shape index (κ3) is 5.74. The average Bonchev–Trinajstić information content (AvgIpc) is 3.27. The number of carbonyl (C=O) groups is 1. The summed E-state index contributed by atoms with van der Waals surface area (Å²) < 4.78 is 40.7. The number of aromatic nitrogens is 1. The van der Waals surface area contributed by atoms with E-state index in [9.17, 15) is 28.1 Å². The molecule has 1 saturated heterocycles. The van der Waals surface area contributed by atoms with Crippen LogP contribution in [0.2, 0.25) is 0 Å². The Balaban J connectivity index is 1.42. The standard InChI is InChI=1S/C29H27F3N4O3/c1-19-12-14-34(15-13-19)24-8-6-23(7-9-24)33-28(37)27-17-21-16-25(36(38)39)10-11-26(21)35(27)18-20-2-4-22(5-3-20)29(30,31)32/h2-11,16-17,19H,12-15,18H2,1H3,(H,33,37). The highest BCUT2D eigenvalue weighted by Crippen LogP contribution is 2.31. The number of benzene rings is 3. The van der Waals surface area contributed by atoms with Crippen LogP contribution in [0.15, 0.2) is 72.8 Å². The quantitative estimate of drug-likeness (QED) is 0.210. The Hall–Kier alpha value is -4.34. The number of nitro groups is 1. The maximum atomic E-state index is 13.4. The van der Waals surface area contributed by atoms with Gasteiger partial charge >= 0.3 is 6.18 Å². The topological polar surface area (TPSA) is 80.4 Å². The third-order valence-electron chi connectivity index (χ3n) is 7.22. The van der Waals surface area contributed by atoms with Crippen molar-refractivity contribution >= 4 is 33.9 Å². The molecule has 39 heavy (non-hydrogen) atoms. The van der Waals surface area contributed by atoms with Crippen molar-refractivity contribution in [3.63, 3.8) is 0 Å². The second-order valence-corrected chi connectivity index (χ2v) is 9.98. The van der Waals surface area contributed by atoms with Gasteiger partial charge in [-0.25, -0.2) is 0 Å². The van der Waals surface area contributed by atoms with E-state index in [-0.39, 0.29) is 17.9 Å². The lowest BCUT2D eigenvalue weighted by Gasteiger charge is -2.32. The largest absolute Gasteiger partial charge is 0.416 e. The molecule has 4 aromatic rings. The fourth-order valence-electron chi connectivity index (χ4n) is 4.93. The molecule has 0 spiro atoms. The zero-order valence-corrected chi connectivity index (χ0v) is 21.2. The van der Waals surface area contributed by atoms with Gasteiger partial charge in [-0.3, -0.25) is 14.9 Å². The Kier molecular flexibility index (Phi) is 7.03. The van der Waals surface area contributed by atoms with Gasteiger partial charge in [-0.1, -0.05) is 19.1 Å². The number of nitrogens with zero attached hydrogens (tertiary/aromatic N) is 3. The van der Waals surface area contributed by atoms with Gasteiger partial charge in [0.1, 0.15) is 5.69 Å². The highest BCUT2D eigenvalue weighted by molar-refractivity contribution is 6.06. The van der Waals surface area contributed by atoms with Gasteiger partial charge in [0.05, 0.1) is 10.5 Å². The molecule has 1 N–H and O–H groups in total. The Bertz CT molecular complexity index is 1500. The first kappa shape index (κ1) is 26.3. The SMILES string of the molecule is CC1CCN(c2ccc(NC(=O)c3cc4cc([N+](=O)[O-])ccc4n3Cc3ccc(C(F)(F)F)cc3)cc2)CC1. The predicted molar refractivity (Wildman–Crippen MR) is 144 cm³/mol. The summed E-state index contributed by atoms with van der Waals surface area (Å²) in [5.74, 6) is 0.288. The molecule has 2 heterocycles. The molecule has 1 fully saturated rings. The summed E-state index contributed by atoms with van der Waals surface area (Å²) >= 11 is 0. The number of carbonyl (C=O) groups excluding carboxylic acids is 1. The number of nitrogens with one attached hydrogen (secondary N) is 1. The lowest BCUT2D eigenvalue weighted by molar-refractivity contribution is -0.384. The van der Waals surface area contributed by atoms with E-state index in [4.69, 9.17) is 0 Å². The summed E-state index contributed by atoms with van der Waals surface area (Å²) in [5, 5.41) is 14.7. The molecule has 0 atom stereocenters. The zero-order chi connectivity index (χ0) is 27.7. The number of nitro benzene ring substituents is 1. The number of piperidine rings is 1. The molecule has 202 valence electrons. The number of rotatable bonds is 6. The van der Waals surface area contributed by atoms with Crippen molar-refractivity contribution in [1.29, 1.82) is 0 Å². The number of halogens is 3. The summed E-state index contributed by atoms with van der Waals surface area (Å²) in [5.41, 5.74) is 2.13. The fourth-order valence-corrected chi connectivity index (χ4v) is 4.93. The number of hydrogen-bond acceptors (Lipinski definition) is 4. The second kappa shape index (κ2) is 10.4. The highest BCUT2D eigenvalue weighted by Gasteiger charge is 2.30. The van der Waals surface area contributed by atoms with Crippen LogP contribution in [0.5, 0.6) is 0 Å². The van der Waals surface area contributed by atoms with E-state index < -0.39 is 22.6 Å². The van der Waals surface area contributed by atoms with E-state index in [2.05, 4.69) is 17.1 Å². The van der Waals surface area contributed by atoms with Crippen molar-refractivity contribution in [2.75, 3.05) is 23.3 Å². The van der Waals surface area contributed by atoms with E-state index in [0.29, 0.717) is 22.2 Å². The summed E-state index contributed by atoms with van der Waals surface area (Å²) in [6, 6.07) is 18.1. The lowest BCUT2D eigenvalue weighted by Crippen LogP contribution is -2.32. The minimum absolute atomic E-state index is 0.106. The maximum Gasteiger partial charge on any atom is 0.416 e. The fraction of sp³-hybridized carbons (Fsp3) is 0.276. The van der Waals surface area contributed by atoms with Crippen LogP contribution >= 0.6 is 0 Å². The van der Waals surface area contributed by atoms with Gasteiger partial charge in [-0.05, 0) is 72.9 Å². The maximum absolute atomic E-state index is 13.4. The highest BCUT2D eigenvalue weighted by atomic mass is 19.4. The molecule has 0 saturated carbocycles. The van der Waals surface area contributed by atoms with Gasteiger partial charge in [0.25, 0.3) is 11.6 Å². The molecule has 1 aliphatic heterocycles. The number of non-ortho nitro benzene ring substituents is 1. The van der Waals surface area contributed by atoms with Crippen LogP contribution < -0.4 is 10.2 Å². The molecule has 3 aromatic carbocycles. The molecule has 0 radical (unpaired) electrons. The summed E-state index contributed by atoms with van der Waals surface area (Å²) in [6.07, 6.45) is -2.18. The third-order valence-corrected chi connectivity index (χ3v) is 7.22. The Labute approximate surface area is 223 Å². The summed E-state index contributed by atoms with van der Waals surface area (Å²) in [6.45, 7) is 4.34. The van der Waals surface area contributed by atoms with Crippen molar-refractivity contribution in [2.45, 2.75) is 32.5 Å². The van der Waals surface area contributed by atoms with Gasteiger partial charge in [0.15, 0.2) is 0 Å². The van der Waals surface area contributed by atoms with Crippen LogP contribution in [0.1, 0.15) is 41.4 Å². The van der Waals surface area contributed by atoms with E-state index in [1.165, 1.54) is 24.3 Å². The van der Waals surface area contributed by atoms with Gasteiger partial charge in [-0.2, -0.15) is 13.2 Å². The molecule has 7 nitrogen and oxygen atoms in total. The molecule has 1 aliphatic rings. The molecule has 1 aromatic heterocycles. The molecule has 0 aliphatic carbocycles. The second-order valence-electron chi connectivity index (χ2n) is 9.98. The molecule has 1 amide bonds. The number of alkyl halides is 3. The molecule has 0 unspecified atom stereocenters. The number of amides is 1. The molecular weight excluding hydrogens is 509 g/mol. The Morgan fingerprint density at radius 1 is 1.00 bits per heavy atom. The first-order valence-electron chi connectivity index (χ1n) is 12.7. The van der Waals surface area contributed by atoms with Gasteiger partial charge in [0.2, 0.25) is 0 Å². The predicted octanol–water partition coefficient (Wildman–Crippen LogP) is 7.11. The van der Waals surface area contributed by atoms with Crippen LogP contribution in [0.25, 0.3) is 10.9 Å². The van der Waals surface area contributed by atoms with E-state index >= 15 is 0 Å². The number of hydrogen-bond donors (Lipinski definition) is 1. The first-order valence-corrected chi connectivity index (χ1v) is 12.7. The van der Waals surface area contributed by atoms with Crippen molar-refractivity contribution in [2.24, 2.45) is 5.92 Å². The monoisotopic (exact) mass is 536 g/mol. The number of fused-ring (bicyclic) bond motifs is 1. The van der Waals surface area contributed by atoms with E-state index in [0.717, 1.165) is 49.7 Å².